The third-order valence-electron chi connectivity index (χ3n) is 5.65. The maximum atomic E-state index is 13.6. The maximum absolute atomic E-state index is 13.6. The normalized spacial score (nSPS) is 12.3. The fourth-order valence-electron chi connectivity index (χ4n) is 3.95. The number of carbonyl (C=O) groups excluding carboxylic acids is 1. The van der Waals surface area contributed by atoms with Gasteiger partial charge in [0.05, 0.1) is 22.6 Å². The molecule has 0 fully saturated rings. The summed E-state index contributed by atoms with van der Waals surface area (Å²) in [4.78, 5) is 33.6. The van der Waals surface area contributed by atoms with Crippen LogP contribution in [0.2, 0.25) is 0 Å². The second-order valence-electron chi connectivity index (χ2n) is 8.63. The summed E-state index contributed by atoms with van der Waals surface area (Å²) in [5, 5.41) is 0.579. The molecule has 0 N–H and O–H groups in total. The molecule has 0 aliphatic heterocycles. The smallest absolute Gasteiger partial charge is 0.266 e. The van der Waals surface area contributed by atoms with Crippen LogP contribution >= 0.6 is 0 Å². The lowest BCUT2D eigenvalue weighted by atomic mass is 10.1. The van der Waals surface area contributed by atoms with Gasteiger partial charge in [0, 0.05) is 13.0 Å². The van der Waals surface area contributed by atoms with Crippen molar-refractivity contribution in [3.63, 3.8) is 0 Å². The Balaban J connectivity index is 2.23. The Labute approximate surface area is 184 Å². The van der Waals surface area contributed by atoms with Gasteiger partial charge in [-0.25, -0.2) is 4.98 Å². The van der Waals surface area contributed by atoms with Gasteiger partial charge in [0.15, 0.2) is 0 Å². The number of rotatable bonds is 8. The molecule has 0 radical (unpaired) electrons. The van der Waals surface area contributed by atoms with Crippen molar-refractivity contribution in [2.45, 2.75) is 59.9 Å². The van der Waals surface area contributed by atoms with Gasteiger partial charge in [-0.3, -0.25) is 14.2 Å². The van der Waals surface area contributed by atoms with Crippen molar-refractivity contribution in [1.82, 2.24) is 14.5 Å². The summed E-state index contributed by atoms with van der Waals surface area (Å²) in [7, 11) is 0. The highest BCUT2D eigenvalue weighted by molar-refractivity contribution is 5.79. The Morgan fingerprint density at radius 1 is 1.06 bits per heavy atom. The van der Waals surface area contributed by atoms with Gasteiger partial charge < -0.3 is 4.90 Å². The number of fused-ring (bicyclic) bond motifs is 1. The molecule has 1 amide bonds. The number of amides is 1. The van der Waals surface area contributed by atoms with Crippen molar-refractivity contribution in [2.75, 3.05) is 6.54 Å². The Morgan fingerprint density at radius 3 is 2.42 bits per heavy atom. The molecule has 5 nitrogen and oxygen atoms in total. The predicted molar refractivity (Wildman–Crippen MR) is 127 cm³/mol. The fourth-order valence-corrected chi connectivity index (χ4v) is 3.95. The van der Waals surface area contributed by atoms with Gasteiger partial charge in [-0.1, -0.05) is 57.5 Å². The number of hydrogen-bond donors (Lipinski definition) is 0. The molecule has 2 aromatic carbocycles. The quantitative estimate of drug-likeness (QED) is 0.489. The number of carbonyl (C=O) groups is 1. The van der Waals surface area contributed by atoms with Crippen molar-refractivity contribution in [3.8, 4) is 5.69 Å². The van der Waals surface area contributed by atoms with E-state index in [0.717, 1.165) is 24.1 Å². The van der Waals surface area contributed by atoms with Crippen LogP contribution in [0.4, 0.5) is 0 Å². The van der Waals surface area contributed by atoms with E-state index in [1.54, 1.807) is 4.57 Å². The zero-order valence-electron chi connectivity index (χ0n) is 19.3. The van der Waals surface area contributed by atoms with Crippen LogP contribution in [0.15, 0.2) is 53.3 Å². The fraction of sp³-hybridized carbons (Fsp3) is 0.423. The van der Waals surface area contributed by atoms with Crippen LogP contribution in [-0.2, 0) is 4.79 Å². The van der Waals surface area contributed by atoms with Crippen LogP contribution in [0, 0.1) is 12.8 Å². The number of hydrogen-bond acceptors (Lipinski definition) is 3. The molecule has 0 saturated heterocycles. The van der Waals surface area contributed by atoms with E-state index in [4.69, 9.17) is 4.98 Å². The van der Waals surface area contributed by atoms with Crippen LogP contribution in [0.25, 0.3) is 16.6 Å². The standard InChI is InChI=1S/C26H33N3O2/c1-6-7-16-28(24(30)17-18(2)3)20(5)25-27-22-14-10-9-13-21(22)26(31)29(25)23-15-11-8-12-19(23)4/h8-15,18,20H,6-7,16-17H2,1-5H3. The van der Waals surface area contributed by atoms with Gasteiger partial charge in [-0.05, 0) is 49.9 Å². The average molecular weight is 420 g/mol. The van der Waals surface area contributed by atoms with Crippen molar-refractivity contribution in [2.24, 2.45) is 5.92 Å². The third-order valence-corrected chi connectivity index (χ3v) is 5.65. The second kappa shape index (κ2) is 9.90. The van der Waals surface area contributed by atoms with Gasteiger partial charge in [0.2, 0.25) is 5.91 Å². The van der Waals surface area contributed by atoms with Gasteiger partial charge in [-0.2, -0.15) is 0 Å². The molecular formula is C26H33N3O2. The number of aryl methyl sites for hydroxylation is 1. The highest BCUT2D eigenvalue weighted by Crippen LogP contribution is 2.25. The molecule has 0 aliphatic rings. The zero-order chi connectivity index (χ0) is 22.5. The number of unbranched alkanes of at least 4 members (excludes halogenated alkanes) is 1. The first-order chi connectivity index (χ1) is 14.8. The van der Waals surface area contributed by atoms with Crippen molar-refractivity contribution in [3.05, 3.63) is 70.3 Å². The Morgan fingerprint density at radius 2 is 1.74 bits per heavy atom. The van der Waals surface area contributed by atoms with Gasteiger partial charge >= 0.3 is 0 Å². The zero-order valence-corrected chi connectivity index (χ0v) is 19.3. The van der Waals surface area contributed by atoms with Crippen LogP contribution in [0.3, 0.4) is 0 Å². The Hall–Kier alpha value is -2.95. The summed E-state index contributed by atoms with van der Waals surface area (Å²) in [5.74, 6) is 0.979. The minimum atomic E-state index is -0.324. The Bertz CT molecular complexity index is 1120. The first-order valence-corrected chi connectivity index (χ1v) is 11.2. The van der Waals surface area contributed by atoms with Crippen LogP contribution in [0.5, 0.6) is 0 Å². The molecule has 0 spiro atoms. The van der Waals surface area contributed by atoms with Gasteiger partial charge in [0.1, 0.15) is 5.82 Å². The van der Waals surface area contributed by atoms with Crippen LogP contribution in [-0.4, -0.2) is 26.9 Å². The Kier molecular flexibility index (Phi) is 7.26. The van der Waals surface area contributed by atoms with Crippen molar-refractivity contribution >= 4 is 16.8 Å². The van der Waals surface area contributed by atoms with E-state index in [9.17, 15) is 9.59 Å². The summed E-state index contributed by atoms with van der Waals surface area (Å²) >= 11 is 0. The SMILES string of the molecule is CCCCN(C(=O)CC(C)C)C(C)c1nc2ccccc2c(=O)n1-c1ccccc1C. The van der Waals surface area contributed by atoms with E-state index in [1.165, 1.54) is 0 Å². The molecule has 1 unspecified atom stereocenters. The molecule has 5 heteroatoms. The van der Waals surface area contributed by atoms with E-state index in [2.05, 4.69) is 20.8 Å². The number of aromatic nitrogens is 2. The minimum Gasteiger partial charge on any atom is -0.333 e. The van der Waals surface area contributed by atoms with E-state index < -0.39 is 0 Å². The summed E-state index contributed by atoms with van der Waals surface area (Å²) in [6.07, 6.45) is 2.39. The number of nitrogens with zero attached hydrogens (tertiary/aromatic N) is 3. The monoisotopic (exact) mass is 419 g/mol. The highest BCUT2D eigenvalue weighted by atomic mass is 16.2. The van der Waals surface area contributed by atoms with E-state index in [-0.39, 0.29) is 23.4 Å². The molecule has 3 aromatic rings. The minimum absolute atomic E-state index is 0.103. The molecule has 3 rings (SSSR count). The maximum Gasteiger partial charge on any atom is 0.266 e. The molecule has 31 heavy (non-hydrogen) atoms. The topological polar surface area (TPSA) is 55.2 Å². The molecule has 1 heterocycles. The van der Waals surface area contributed by atoms with Crippen LogP contribution in [0.1, 0.15) is 64.4 Å². The lowest BCUT2D eigenvalue weighted by Crippen LogP contribution is -2.38. The first-order valence-electron chi connectivity index (χ1n) is 11.2. The molecule has 1 atom stereocenters. The summed E-state index contributed by atoms with van der Waals surface area (Å²) in [6.45, 7) is 10.9. The highest BCUT2D eigenvalue weighted by Gasteiger charge is 2.27. The largest absolute Gasteiger partial charge is 0.333 e. The van der Waals surface area contributed by atoms with E-state index in [0.29, 0.717) is 29.7 Å². The second-order valence-corrected chi connectivity index (χ2v) is 8.63. The predicted octanol–water partition coefficient (Wildman–Crippen LogP) is 5.43. The molecule has 0 bridgehead atoms. The lowest BCUT2D eigenvalue weighted by Gasteiger charge is -2.31. The average Bonchev–Trinajstić information content (AvgIpc) is 2.74. The van der Waals surface area contributed by atoms with Gasteiger partial charge in [0.25, 0.3) is 5.56 Å². The first kappa shape index (κ1) is 22.7. The molecule has 0 saturated carbocycles. The third kappa shape index (κ3) is 4.87. The van der Waals surface area contributed by atoms with Crippen LogP contribution < -0.4 is 5.56 Å². The summed E-state index contributed by atoms with van der Waals surface area (Å²) in [6, 6.07) is 14.9. The molecule has 1 aromatic heterocycles. The van der Waals surface area contributed by atoms with E-state index >= 15 is 0 Å². The van der Waals surface area contributed by atoms with Crippen molar-refractivity contribution in [1.29, 1.82) is 0 Å². The molecular weight excluding hydrogens is 386 g/mol. The lowest BCUT2D eigenvalue weighted by molar-refractivity contribution is -0.134. The molecule has 164 valence electrons. The number of benzene rings is 2. The summed E-state index contributed by atoms with van der Waals surface area (Å²) in [5.41, 5.74) is 2.35. The van der Waals surface area contributed by atoms with Crippen molar-refractivity contribution < 1.29 is 4.79 Å². The van der Waals surface area contributed by atoms with E-state index in [1.807, 2.05) is 67.3 Å². The summed E-state index contributed by atoms with van der Waals surface area (Å²) < 4.78 is 1.70. The molecule has 0 aliphatic carbocycles. The number of para-hydroxylation sites is 2. The van der Waals surface area contributed by atoms with Gasteiger partial charge in [-0.15, -0.1) is 0 Å².